The Bertz CT molecular complexity index is 300. The van der Waals surface area contributed by atoms with Gasteiger partial charge in [-0.2, -0.15) is 0 Å². The highest BCUT2D eigenvalue weighted by Crippen LogP contribution is 2.07. The highest BCUT2D eigenvalue weighted by atomic mass is 16.4. The monoisotopic (exact) mass is 274 g/mol. The molecule has 2 amide bonds. The van der Waals surface area contributed by atoms with Gasteiger partial charge in [0.05, 0.1) is 12.1 Å². The molecule has 0 saturated heterocycles. The van der Waals surface area contributed by atoms with Gasteiger partial charge in [-0.15, -0.1) is 0 Å². The summed E-state index contributed by atoms with van der Waals surface area (Å²) in [4.78, 5) is 24.4. The number of likely N-dealkylation sites (N-methyl/N-ethyl adjacent to an activating group) is 1. The fourth-order valence-corrected chi connectivity index (χ4v) is 1.70. The summed E-state index contributed by atoms with van der Waals surface area (Å²) in [6.45, 7) is 7.54. The van der Waals surface area contributed by atoms with E-state index in [1.807, 2.05) is 6.92 Å². The average molecular weight is 274 g/mol. The summed E-state index contributed by atoms with van der Waals surface area (Å²) in [5.41, 5.74) is -1.00. The second kappa shape index (κ2) is 7.99. The molecule has 0 heterocycles. The fourth-order valence-electron chi connectivity index (χ4n) is 1.70. The van der Waals surface area contributed by atoms with Crippen LogP contribution < -0.4 is 5.32 Å². The number of nitrogens with one attached hydrogen (secondary N) is 1. The van der Waals surface area contributed by atoms with Gasteiger partial charge in [0.1, 0.15) is 6.04 Å². The molecular weight excluding hydrogens is 248 g/mol. The number of amides is 2. The predicted octanol–water partition coefficient (Wildman–Crippen LogP) is 1.43. The van der Waals surface area contributed by atoms with E-state index in [2.05, 4.69) is 5.32 Å². The third kappa shape index (κ3) is 7.66. The topological polar surface area (TPSA) is 89.9 Å². The molecule has 3 N–H and O–H groups in total. The smallest absolute Gasteiger partial charge is 0.326 e. The van der Waals surface area contributed by atoms with Gasteiger partial charge in [0.2, 0.25) is 0 Å². The van der Waals surface area contributed by atoms with E-state index in [1.165, 1.54) is 4.90 Å². The molecule has 1 atom stereocenters. The molecule has 0 aliphatic carbocycles. The van der Waals surface area contributed by atoms with Gasteiger partial charge in [-0.25, -0.2) is 9.59 Å². The Hall–Kier alpha value is -1.30. The predicted molar refractivity (Wildman–Crippen MR) is 73.0 cm³/mol. The SMILES string of the molecule is CCCC[C@H](NC(=O)N(CC)CC(C)(C)O)C(=O)O. The molecule has 112 valence electrons. The first kappa shape index (κ1) is 17.7. The number of nitrogens with zero attached hydrogens (tertiary/aromatic N) is 1. The average Bonchev–Trinajstić information content (AvgIpc) is 2.29. The maximum absolute atomic E-state index is 12.0. The Morgan fingerprint density at radius 3 is 2.26 bits per heavy atom. The van der Waals surface area contributed by atoms with Crippen LogP contribution in [0.1, 0.15) is 47.0 Å². The van der Waals surface area contributed by atoms with E-state index in [1.54, 1.807) is 20.8 Å². The minimum absolute atomic E-state index is 0.162. The number of carboxylic acids is 1. The number of carboxylic acid groups (broad SMARTS) is 1. The number of hydrogen-bond donors (Lipinski definition) is 3. The van der Waals surface area contributed by atoms with Crippen LogP contribution in [0.5, 0.6) is 0 Å². The van der Waals surface area contributed by atoms with Gasteiger partial charge in [-0.3, -0.25) is 0 Å². The van der Waals surface area contributed by atoms with Crippen molar-refractivity contribution in [1.29, 1.82) is 0 Å². The van der Waals surface area contributed by atoms with E-state index in [9.17, 15) is 14.7 Å². The lowest BCUT2D eigenvalue weighted by molar-refractivity contribution is -0.139. The van der Waals surface area contributed by atoms with Crippen LogP contribution in [-0.2, 0) is 4.79 Å². The number of urea groups is 1. The number of unbranched alkanes of at least 4 members (excludes halogenated alkanes) is 1. The Kier molecular flexibility index (Phi) is 7.44. The summed E-state index contributed by atoms with van der Waals surface area (Å²) in [7, 11) is 0. The van der Waals surface area contributed by atoms with E-state index in [0.29, 0.717) is 13.0 Å². The van der Waals surface area contributed by atoms with E-state index >= 15 is 0 Å². The zero-order valence-electron chi connectivity index (χ0n) is 12.3. The largest absolute Gasteiger partial charge is 0.480 e. The Morgan fingerprint density at radius 2 is 1.89 bits per heavy atom. The zero-order chi connectivity index (χ0) is 15.1. The molecule has 0 saturated carbocycles. The minimum Gasteiger partial charge on any atom is -0.480 e. The summed E-state index contributed by atoms with van der Waals surface area (Å²) in [5, 5.41) is 21.3. The van der Waals surface area contributed by atoms with Crippen LogP contribution >= 0.6 is 0 Å². The lowest BCUT2D eigenvalue weighted by Gasteiger charge is -2.29. The van der Waals surface area contributed by atoms with Crippen molar-refractivity contribution in [3.8, 4) is 0 Å². The van der Waals surface area contributed by atoms with Crippen LogP contribution in [0, 0.1) is 0 Å². The Labute approximate surface area is 114 Å². The van der Waals surface area contributed by atoms with Crippen LogP contribution in [0.2, 0.25) is 0 Å². The normalized spacial score (nSPS) is 12.9. The van der Waals surface area contributed by atoms with Crippen molar-refractivity contribution in [1.82, 2.24) is 10.2 Å². The van der Waals surface area contributed by atoms with Crippen LogP contribution in [-0.4, -0.2) is 51.8 Å². The first-order valence-electron chi connectivity index (χ1n) is 6.71. The molecule has 0 fully saturated rings. The molecule has 0 aliphatic rings. The summed E-state index contributed by atoms with van der Waals surface area (Å²) in [5.74, 6) is -1.03. The van der Waals surface area contributed by atoms with Crippen LogP contribution in [0.25, 0.3) is 0 Å². The molecular formula is C13H26N2O4. The highest BCUT2D eigenvalue weighted by molar-refractivity contribution is 5.82. The lowest BCUT2D eigenvalue weighted by atomic mass is 10.1. The van der Waals surface area contributed by atoms with Crippen LogP contribution in [0.4, 0.5) is 4.79 Å². The van der Waals surface area contributed by atoms with Gasteiger partial charge in [0.25, 0.3) is 0 Å². The van der Waals surface area contributed by atoms with Gasteiger partial charge in [-0.05, 0) is 27.2 Å². The van der Waals surface area contributed by atoms with E-state index in [0.717, 1.165) is 12.8 Å². The third-order valence-corrected chi connectivity index (χ3v) is 2.69. The first-order chi connectivity index (χ1) is 8.71. The summed E-state index contributed by atoms with van der Waals surface area (Å²) in [6.07, 6.45) is 2.04. The van der Waals surface area contributed by atoms with Gasteiger partial charge < -0.3 is 20.4 Å². The Morgan fingerprint density at radius 1 is 1.32 bits per heavy atom. The number of rotatable bonds is 8. The molecule has 0 radical (unpaired) electrons. The molecule has 0 bridgehead atoms. The molecule has 0 aliphatic heterocycles. The lowest BCUT2D eigenvalue weighted by Crippen LogP contribution is -2.51. The molecule has 0 aromatic carbocycles. The standard InChI is InChI=1S/C13H26N2O4/c1-5-7-8-10(11(16)17)14-12(18)15(6-2)9-13(3,4)19/h10,19H,5-9H2,1-4H3,(H,14,18)(H,16,17)/t10-/m0/s1. The van der Waals surface area contributed by atoms with Gasteiger partial charge in [0.15, 0.2) is 0 Å². The maximum Gasteiger partial charge on any atom is 0.326 e. The Balaban J connectivity index is 4.55. The third-order valence-electron chi connectivity index (χ3n) is 2.69. The van der Waals surface area contributed by atoms with Gasteiger partial charge >= 0.3 is 12.0 Å². The van der Waals surface area contributed by atoms with Crippen molar-refractivity contribution in [3.63, 3.8) is 0 Å². The van der Waals surface area contributed by atoms with Crippen LogP contribution in [0.3, 0.4) is 0 Å². The van der Waals surface area contributed by atoms with Gasteiger partial charge in [0, 0.05) is 6.54 Å². The number of aliphatic hydroxyl groups is 1. The van der Waals surface area contributed by atoms with Crippen molar-refractivity contribution >= 4 is 12.0 Å². The van der Waals surface area contributed by atoms with Crippen molar-refractivity contribution in [3.05, 3.63) is 0 Å². The summed E-state index contributed by atoms with van der Waals surface area (Å²) < 4.78 is 0. The number of carbonyl (C=O) groups is 2. The van der Waals surface area contributed by atoms with Crippen molar-refractivity contribution in [2.75, 3.05) is 13.1 Å². The minimum atomic E-state index is -1.03. The molecule has 6 nitrogen and oxygen atoms in total. The maximum atomic E-state index is 12.0. The second-order valence-electron chi connectivity index (χ2n) is 5.31. The zero-order valence-corrected chi connectivity index (χ0v) is 12.3. The molecule has 19 heavy (non-hydrogen) atoms. The molecule has 0 aromatic rings. The number of hydrogen-bond acceptors (Lipinski definition) is 3. The highest BCUT2D eigenvalue weighted by Gasteiger charge is 2.25. The van der Waals surface area contributed by atoms with Crippen molar-refractivity contribution < 1.29 is 19.8 Å². The van der Waals surface area contributed by atoms with E-state index < -0.39 is 23.6 Å². The molecule has 0 rings (SSSR count). The number of aliphatic carboxylic acids is 1. The van der Waals surface area contributed by atoms with Crippen LogP contribution in [0.15, 0.2) is 0 Å². The van der Waals surface area contributed by atoms with E-state index in [-0.39, 0.29) is 6.54 Å². The number of carbonyl (C=O) groups excluding carboxylic acids is 1. The van der Waals surface area contributed by atoms with Gasteiger partial charge in [-0.1, -0.05) is 19.8 Å². The second-order valence-corrected chi connectivity index (χ2v) is 5.31. The van der Waals surface area contributed by atoms with Crippen molar-refractivity contribution in [2.24, 2.45) is 0 Å². The van der Waals surface area contributed by atoms with E-state index in [4.69, 9.17) is 5.11 Å². The molecule has 0 aromatic heterocycles. The summed E-state index contributed by atoms with van der Waals surface area (Å²) >= 11 is 0. The summed E-state index contributed by atoms with van der Waals surface area (Å²) in [6, 6.07) is -1.32. The van der Waals surface area contributed by atoms with Crippen molar-refractivity contribution in [2.45, 2.75) is 58.6 Å². The molecule has 0 unspecified atom stereocenters. The fraction of sp³-hybridized carbons (Fsp3) is 0.846. The molecule has 0 spiro atoms. The first-order valence-corrected chi connectivity index (χ1v) is 6.71. The molecule has 6 heteroatoms. The quantitative estimate of drug-likeness (QED) is 0.624.